The first-order chi connectivity index (χ1) is 10.2. The topological polar surface area (TPSA) is 21.3 Å². The fraction of sp³-hybridized carbons (Fsp3) is 0.294. The van der Waals surface area contributed by atoms with Gasteiger partial charge in [0.1, 0.15) is 17.4 Å². The monoisotopic (exact) mass is 291 g/mol. The van der Waals surface area contributed by atoms with Gasteiger partial charge in [0.15, 0.2) is 0 Å². The largest absolute Gasteiger partial charge is 0.494 e. The number of nitrogens with one attached hydrogen (secondary N) is 1. The van der Waals surface area contributed by atoms with Crippen LogP contribution < -0.4 is 10.1 Å². The highest BCUT2D eigenvalue weighted by Gasteiger charge is 2.17. The van der Waals surface area contributed by atoms with E-state index in [4.69, 9.17) is 4.74 Å². The van der Waals surface area contributed by atoms with Gasteiger partial charge in [-0.2, -0.15) is 0 Å². The Morgan fingerprint density at radius 3 is 2.67 bits per heavy atom. The Bertz CT molecular complexity index is 601. The van der Waals surface area contributed by atoms with Gasteiger partial charge < -0.3 is 10.1 Å². The molecule has 0 saturated carbocycles. The summed E-state index contributed by atoms with van der Waals surface area (Å²) >= 11 is 0. The van der Waals surface area contributed by atoms with Gasteiger partial charge in [0.05, 0.1) is 12.6 Å². The molecule has 112 valence electrons. The highest BCUT2D eigenvalue weighted by molar-refractivity contribution is 5.37. The summed E-state index contributed by atoms with van der Waals surface area (Å²) in [6.07, 6.45) is 0.915. The number of ether oxygens (including phenoxy) is 1. The highest BCUT2D eigenvalue weighted by Crippen LogP contribution is 2.27. The second-order valence-corrected chi connectivity index (χ2v) is 4.81. The van der Waals surface area contributed by atoms with Gasteiger partial charge in [-0.05, 0) is 49.4 Å². The summed E-state index contributed by atoms with van der Waals surface area (Å²) < 4.78 is 32.9. The molecule has 0 aliphatic heterocycles. The van der Waals surface area contributed by atoms with Gasteiger partial charge in [-0.1, -0.05) is 19.1 Å². The van der Waals surface area contributed by atoms with Crippen molar-refractivity contribution in [2.45, 2.75) is 19.4 Å². The third-order valence-electron chi connectivity index (χ3n) is 3.22. The summed E-state index contributed by atoms with van der Waals surface area (Å²) in [4.78, 5) is 0. The van der Waals surface area contributed by atoms with E-state index in [9.17, 15) is 8.78 Å². The van der Waals surface area contributed by atoms with Gasteiger partial charge in [-0.25, -0.2) is 8.78 Å². The minimum atomic E-state index is -0.454. The molecule has 0 aromatic heterocycles. The average Bonchev–Trinajstić information content (AvgIpc) is 2.50. The molecule has 0 aliphatic rings. The lowest BCUT2D eigenvalue weighted by molar-refractivity contribution is 0.317. The molecule has 0 heterocycles. The Morgan fingerprint density at radius 2 is 1.95 bits per heavy atom. The van der Waals surface area contributed by atoms with Crippen molar-refractivity contribution in [2.24, 2.45) is 0 Å². The average molecular weight is 291 g/mol. The van der Waals surface area contributed by atoms with Gasteiger partial charge in [0.2, 0.25) is 0 Å². The van der Waals surface area contributed by atoms with Crippen LogP contribution >= 0.6 is 0 Å². The summed E-state index contributed by atoms with van der Waals surface area (Å²) in [5.41, 5.74) is 1.11. The van der Waals surface area contributed by atoms with E-state index in [1.807, 2.05) is 31.2 Å². The van der Waals surface area contributed by atoms with E-state index < -0.39 is 17.7 Å². The smallest absolute Gasteiger partial charge is 0.128 e. The standard InChI is InChI=1S/C17H19F2NO/c1-3-9-21-14-6-4-5-12(10-14)17(20-2)15-11-13(18)7-8-16(15)19/h4-8,10-11,17,20H,3,9H2,1-2H3. The molecule has 4 heteroatoms. The molecule has 0 aliphatic carbocycles. The lowest BCUT2D eigenvalue weighted by atomic mass is 9.98. The molecule has 0 radical (unpaired) electrons. The van der Waals surface area contributed by atoms with Crippen molar-refractivity contribution in [3.63, 3.8) is 0 Å². The molecule has 0 bridgehead atoms. The summed E-state index contributed by atoms with van der Waals surface area (Å²) in [5, 5.41) is 3.02. The van der Waals surface area contributed by atoms with Gasteiger partial charge in [-0.3, -0.25) is 0 Å². The molecular formula is C17H19F2NO. The van der Waals surface area contributed by atoms with E-state index in [-0.39, 0.29) is 5.56 Å². The Morgan fingerprint density at radius 1 is 1.14 bits per heavy atom. The number of hydrogen-bond donors (Lipinski definition) is 1. The molecular weight excluding hydrogens is 272 g/mol. The maximum Gasteiger partial charge on any atom is 0.128 e. The molecule has 0 saturated heterocycles. The Labute approximate surface area is 123 Å². The third kappa shape index (κ3) is 3.79. The maximum atomic E-state index is 14.0. The molecule has 2 nitrogen and oxygen atoms in total. The summed E-state index contributed by atoms with van der Waals surface area (Å²) in [6.45, 7) is 2.66. The first-order valence-corrected chi connectivity index (χ1v) is 7.00. The number of rotatable bonds is 6. The highest BCUT2D eigenvalue weighted by atomic mass is 19.1. The molecule has 2 aromatic rings. The van der Waals surface area contributed by atoms with Crippen LogP contribution in [0.4, 0.5) is 8.78 Å². The molecule has 1 atom stereocenters. The summed E-state index contributed by atoms with van der Waals surface area (Å²) in [7, 11) is 1.72. The van der Waals surface area contributed by atoms with E-state index in [0.717, 1.165) is 29.9 Å². The van der Waals surface area contributed by atoms with Crippen LogP contribution in [-0.4, -0.2) is 13.7 Å². The lowest BCUT2D eigenvalue weighted by Gasteiger charge is -2.19. The first-order valence-electron chi connectivity index (χ1n) is 7.00. The summed E-state index contributed by atoms with van der Waals surface area (Å²) in [5.74, 6) is -0.160. The second kappa shape index (κ2) is 7.18. The maximum absolute atomic E-state index is 14.0. The minimum absolute atomic E-state index is 0.283. The van der Waals surface area contributed by atoms with Crippen LogP contribution in [0.15, 0.2) is 42.5 Å². The van der Waals surface area contributed by atoms with E-state index in [2.05, 4.69) is 5.32 Å². The van der Waals surface area contributed by atoms with Crippen LogP contribution in [0.5, 0.6) is 5.75 Å². The van der Waals surface area contributed by atoms with Crippen molar-refractivity contribution in [2.75, 3.05) is 13.7 Å². The molecule has 2 aromatic carbocycles. The fourth-order valence-corrected chi connectivity index (χ4v) is 2.24. The van der Waals surface area contributed by atoms with Gasteiger partial charge in [0.25, 0.3) is 0 Å². The Balaban J connectivity index is 2.34. The van der Waals surface area contributed by atoms with Crippen molar-refractivity contribution in [1.82, 2.24) is 5.32 Å². The Hall–Kier alpha value is -1.94. The SMILES string of the molecule is CCCOc1cccc(C(NC)c2cc(F)ccc2F)c1. The van der Waals surface area contributed by atoms with Crippen LogP contribution in [-0.2, 0) is 0 Å². The number of hydrogen-bond acceptors (Lipinski definition) is 2. The zero-order valence-electron chi connectivity index (χ0n) is 12.2. The lowest BCUT2D eigenvalue weighted by Crippen LogP contribution is -2.19. The number of benzene rings is 2. The van der Waals surface area contributed by atoms with Crippen molar-refractivity contribution < 1.29 is 13.5 Å². The van der Waals surface area contributed by atoms with Gasteiger partial charge >= 0.3 is 0 Å². The second-order valence-electron chi connectivity index (χ2n) is 4.81. The molecule has 0 amide bonds. The van der Waals surface area contributed by atoms with E-state index >= 15 is 0 Å². The first kappa shape index (κ1) is 15.4. The number of halogens is 2. The van der Waals surface area contributed by atoms with Crippen molar-refractivity contribution >= 4 is 0 Å². The predicted molar refractivity (Wildman–Crippen MR) is 79.5 cm³/mol. The summed E-state index contributed by atoms with van der Waals surface area (Å²) in [6, 6.07) is 10.5. The molecule has 0 fully saturated rings. The molecule has 21 heavy (non-hydrogen) atoms. The third-order valence-corrected chi connectivity index (χ3v) is 3.22. The van der Waals surface area contributed by atoms with Crippen LogP contribution in [0.25, 0.3) is 0 Å². The molecule has 0 spiro atoms. The quantitative estimate of drug-likeness (QED) is 0.866. The van der Waals surface area contributed by atoms with E-state index in [1.165, 1.54) is 6.07 Å². The van der Waals surface area contributed by atoms with Gasteiger partial charge in [0, 0.05) is 5.56 Å². The fourth-order valence-electron chi connectivity index (χ4n) is 2.24. The predicted octanol–water partition coefficient (Wildman–Crippen LogP) is 4.06. The van der Waals surface area contributed by atoms with Crippen LogP contribution in [0, 0.1) is 11.6 Å². The minimum Gasteiger partial charge on any atom is -0.494 e. The molecule has 1 unspecified atom stereocenters. The van der Waals surface area contributed by atoms with Crippen LogP contribution in [0.2, 0.25) is 0 Å². The van der Waals surface area contributed by atoms with Crippen LogP contribution in [0.3, 0.4) is 0 Å². The zero-order valence-corrected chi connectivity index (χ0v) is 12.2. The van der Waals surface area contributed by atoms with E-state index in [1.54, 1.807) is 7.05 Å². The normalized spacial score (nSPS) is 12.2. The van der Waals surface area contributed by atoms with Gasteiger partial charge in [-0.15, -0.1) is 0 Å². The zero-order chi connectivity index (χ0) is 15.2. The van der Waals surface area contributed by atoms with Crippen molar-refractivity contribution in [1.29, 1.82) is 0 Å². The van der Waals surface area contributed by atoms with E-state index in [0.29, 0.717) is 6.61 Å². The van der Waals surface area contributed by atoms with Crippen LogP contribution in [0.1, 0.15) is 30.5 Å². The van der Waals surface area contributed by atoms with Crippen molar-refractivity contribution in [3.8, 4) is 5.75 Å². The van der Waals surface area contributed by atoms with Crippen molar-refractivity contribution in [3.05, 3.63) is 65.2 Å². The Kier molecular flexibility index (Phi) is 5.28. The molecule has 2 rings (SSSR count). The molecule has 1 N–H and O–H groups in total.